The summed E-state index contributed by atoms with van der Waals surface area (Å²) < 4.78 is 5.28. The average Bonchev–Trinajstić information content (AvgIpc) is 3.19. The molecule has 1 aliphatic rings. The molecule has 0 bridgehead atoms. The molecule has 1 N–H and O–H groups in total. The van der Waals surface area contributed by atoms with Crippen LogP contribution >= 0.6 is 0 Å². The third kappa shape index (κ3) is 3.50. The highest BCUT2D eigenvalue weighted by Crippen LogP contribution is 2.24. The molecular formula is C19H22N2O3. The zero-order chi connectivity index (χ0) is 17.2. The maximum Gasteiger partial charge on any atom is 0.226 e. The van der Waals surface area contributed by atoms with E-state index in [2.05, 4.69) is 5.32 Å². The Bertz CT molecular complexity index is 707. The van der Waals surface area contributed by atoms with E-state index < -0.39 is 5.54 Å². The molecule has 2 amide bonds. The molecule has 1 saturated heterocycles. The Balaban J connectivity index is 1.62. The monoisotopic (exact) mass is 326 g/mol. The maximum absolute atomic E-state index is 12.6. The first-order valence-corrected chi connectivity index (χ1v) is 8.13. The van der Waals surface area contributed by atoms with Gasteiger partial charge in [0, 0.05) is 13.0 Å². The molecule has 0 spiro atoms. The van der Waals surface area contributed by atoms with Gasteiger partial charge in [-0.15, -0.1) is 0 Å². The third-order valence-corrected chi connectivity index (χ3v) is 4.44. The molecule has 1 fully saturated rings. The summed E-state index contributed by atoms with van der Waals surface area (Å²) in [6.07, 6.45) is 1.83. The number of amides is 2. The summed E-state index contributed by atoms with van der Waals surface area (Å²) >= 11 is 0. The number of benzene rings is 1. The van der Waals surface area contributed by atoms with Gasteiger partial charge in [-0.2, -0.15) is 0 Å². The Hall–Kier alpha value is -2.56. The Kier molecular flexibility index (Phi) is 4.42. The predicted octanol–water partition coefficient (Wildman–Crippen LogP) is 2.68. The number of likely N-dealkylation sites (tertiary alicyclic amines) is 1. The molecule has 1 aromatic carbocycles. The molecule has 5 nitrogen and oxygen atoms in total. The molecule has 5 heteroatoms. The van der Waals surface area contributed by atoms with Crippen molar-refractivity contribution in [3.63, 3.8) is 0 Å². The van der Waals surface area contributed by atoms with Gasteiger partial charge in [-0.3, -0.25) is 9.59 Å². The second kappa shape index (κ2) is 6.51. The summed E-state index contributed by atoms with van der Waals surface area (Å²) in [5, 5.41) is 3.07. The molecule has 126 valence electrons. The van der Waals surface area contributed by atoms with Crippen LogP contribution in [0, 0.1) is 5.92 Å². The molecule has 1 aromatic heterocycles. The van der Waals surface area contributed by atoms with E-state index in [-0.39, 0.29) is 24.2 Å². The zero-order valence-corrected chi connectivity index (χ0v) is 14.0. The molecule has 1 aliphatic heterocycles. The molecular weight excluding hydrogens is 304 g/mol. The van der Waals surface area contributed by atoms with E-state index in [1.165, 1.54) is 0 Å². The van der Waals surface area contributed by atoms with Crippen LogP contribution in [0.2, 0.25) is 0 Å². The van der Waals surface area contributed by atoms with Crippen molar-refractivity contribution < 1.29 is 14.0 Å². The van der Waals surface area contributed by atoms with E-state index in [0.717, 1.165) is 11.3 Å². The standard InChI is InChI=1S/C19H22N2O3/c1-19(2,15-7-4-3-5-8-15)20-18(23)14-11-17(22)21(12-14)13-16-9-6-10-24-16/h3-10,14H,11-13H2,1-2H3,(H,20,23)/t14-/m1/s1. The number of nitrogens with zero attached hydrogens (tertiary/aromatic N) is 1. The number of rotatable bonds is 5. The van der Waals surface area contributed by atoms with Gasteiger partial charge in [-0.1, -0.05) is 30.3 Å². The quantitative estimate of drug-likeness (QED) is 0.919. The first kappa shape index (κ1) is 16.3. The van der Waals surface area contributed by atoms with Gasteiger partial charge in [0.2, 0.25) is 11.8 Å². The lowest BCUT2D eigenvalue weighted by atomic mass is 9.93. The average molecular weight is 326 g/mol. The Labute approximate surface area is 141 Å². The molecule has 3 rings (SSSR count). The van der Waals surface area contributed by atoms with Crippen LogP contribution in [0.15, 0.2) is 53.1 Å². The maximum atomic E-state index is 12.6. The molecule has 2 heterocycles. The number of carbonyl (C=O) groups is 2. The van der Waals surface area contributed by atoms with Crippen LogP contribution in [-0.2, 0) is 21.7 Å². The van der Waals surface area contributed by atoms with Crippen LogP contribution in [-0.4, -0.2) is 23.3 Å². The second-order valence-electron chi connectivity index (χ2n) is 6.73. The van der Waals surface area contributed by atoms with Crippen LogP contribution in [0.3, 0.4) is 0 Å². The van der Waals surface area contributed by atoms with Gasteiger partial charge >= 0.3 is 0 Å². The number of hydrogen-bond acceptors (Lipinski definition) is 3. The van der Waals surface area contributed by atoms with Gasteiger partial charge in [0.05, 0.1) is 24.3 Å². The Morgan fingerprint density at radius 1 is 1.25 bits per heavy atom. The van der Waals surface area contributed by atoms with Crippen molar-refractivity contribution in [3.05, 3.63) is 60.1 Å². The Morgan fingerprint density at radius 2 is 2.00 bits per heavy atom. The minimum Gasteiger partial charge on any atom is -0.467 e. The van der Waals surface area contributed by atoms with Crippen LogP contribution in [0.1, 0.15) is 31.6 Å². The van der Waals surface area contributed by atoms with Crippen molar-refractivity contribution in [2.75, 3.05) is 6.54 Å². The minimum atomic E-state index is -0.476. The van der Waals surface area contributed by atoms with Crippen molar-refractivity contribution in [2.45, 2.75) is 32.4 Å². The second-order valence-corrected chi connectivity index (χ2v) is 6.73. The summed E-state index contributed by atoms with van der Waals surface area (Å²) in [6, 6.07) is 13.5. The van der Waals surface area contributed by atoms with Crippen molar-refractivity contribution in [1.29, 1.82) is 0 Å². The number of carbonyl (C=O) groups excluding carboxylic acids is 2. The molecule has 0 aliphatic carbocycles. The van der Waals surface area contributed by atoms with Gasteiger partial charge < -0.3 is 14.6 Å². The largest absolute Gasteiger partial charge is 0.467 e. The number of nitrogens with one attached hydrogen (secondary N) is 1. The first-order chi connectivity index (χ1) is 11.5. The van der Waals surface area contributed by atoms with Gasteiger partial charge in [0.25, 0.3) is 0 Å². The molecule has 0 radical (unpaired) electrons. The molecule has 24 heavy (non-hydrogen) atoms. The predicted molar refractivity (Wildman–Crippen MR) is 89.8 cm³/mol. The van der Waals surface area contributed by atoms with E-state index in [9.17, 15) is 9.59 Å². The van der Waals surface area contributed by atoms with Gasteiger partial charge in [0.15, 0.2) is 0 Å². The molecule has 0 unspecified atom stereocenters. The van der Waals surface area contributed by atoms with Crippen molar-refractivity contribution >= 4 is 11.8 Å². The van der Waals surface area contributed by atoms with Crippen molar-refractivity contribution in [3.8, 4) is 0 Å². The van der Waals surface area contributed by atoms with Gasteiger partial charge in [-0.25, -0.2) is 0 Å². The SMILES string of the molecule is CC(C)(NC(=O)[C@@H]1CC(=O)N(Cc2ccco2)C1)c1ccccc1. The lowest BCUT2D eigenvalue weighted by Crippen LogP contribution is -2.44. The zero-order valence-electron chi connectivity index (χ0n) is 14.0. The van der Waals surface area contributed by atoms with Gasteiger partial charge in [0.1, 0.15) is 5.76 Å². The normalized spacial score (nSPS) is 18.0. The summed E-state index contributed by atoms with van der Waals surface area (Å²) in [7, 11) is 0. The van der Waals surface area contributed by atoms with Gasteiger partial charge in [-0.05, 0) is 31.5 Å². The third-order valence-electron chi connectivity index (χ3n) is 4.44. The molecule has 2 aromatic rings. The van der Waals surface area contributed by atoms with E-state index in [1.54, 1.807) is 17.2 Å². The fourth-order valence-corrected chi connectivity index (χ4v) is 3.03. The van der Waals surface area contributed by atoms with Crippen molar-refractivity contribution in [2.24, 2.45) is 5.92 Å². The lowest BCUT2D eigenvalue weighted by molar-refractivity contribution is -0.129. The van der Waals surface area contributed by atoms with E-state index >= 15 is 0 Å². The van der Waals surface area contributed by atoms with Crippen LogP contribution in [0.5, 0.6) is 0 Å². The summed E-state index contributed by atoms with van der Waals surface area (Å²) in [6.45, 7) is 4.78. The highest BCUT2D eigenvalue weighted by Gasteiger charge is 2.36. The summed E-state index contributed by atoms with van der Waals surface area (Å²) in [4.78, 5) is 26.4. The molecule has 1 atom stereocenters. The highest BCUT2D eigenvalue weighted by molar-refractivity contribution is 5.89. The van der Waals surface area contributed by atoms with E-state index in [0.29, 0.717) is 13.1 Å². The van der Waals surface area contributed by atoms with E-state index in [4.69, 9.17) is 4.42 Å². The molecule has 0 saturated carbocycles. The fraction of sp³-hybridized carbons (Fsp3) is 0.368. The van der Waals surface area contributed by atoms with Crippen LogP contribution in [0.25, 0.3) is 0 Å². The summed E-state index contributed by atoms with van der Waals surface area (Å²) in [5.74, 6) is 0.313. The van der Waals surface area contributed by atoms with E-state index in [1.807, 2.05) is 50.2 Å². The first-order valence-electron chi connectivity index (χ1n) is 8.13. The van der Waals surface area contributed by atoms with Crippen LogP contribution in [0.4, 0.5) is 0 Å². The minimum absolute atomic E-state index is 0.0101. The number of hydrogen-bond donors (Lipinski definition) is 1. The lowest BCUT2D eigenvalue weighted by Gasteiger charge is -2.28. The Morgan fingerprint density at radius 3 is 2.67 bits per heavy atom. The number of furan rings is 1. The van der Waals surface area contributed by atoms with Crippen LogP contribution < -0.4 is 5.32 Å². The topological polar surface area (TPSA) is 62.6 Å². The fourth-order valence-electron chi connectivity index (χ4n) is 3.03. The van der Waals surface area contributed by atoms with Crippen molar-refractivity contribution in [1.82, 2.24) is 10.2 Å². The highest BCUT2D eigenvalue weighted by atomic mass is 16.3. The smallest absolute Gasteiger partial charge is 0.226 e. The summed E-state index contributed by atoms with van der Waals surface area (Å²) in [5.41, 5.74) is 0.561.